The molecule has 0 aromatic heterocycles. The number of aliphatic hydroxyl groups excluding tert-OH is 1. The van der Waals surface area contributed by atoms with Gasteiger partial charge in [-0.2, -0.15) is 0 Å². The van der Waals surface area contributed by atoms with Crippen LogP contribution in [-0.2, 0) is 25.5 Å². The molecule has 0 radical (unpaired) electrons. The Morgan fingerprint density at radius 1 is 1.26 bits per heavy atom. The third-order valence-corrected chi connectivity index (χ3v) is 7.55. The summed E-state index contributed by atoms with van der Waals surface area (Å²) in [4.78, 5) is 28.1. The van der Waals surface area contributed by atoms with E-state index in [1.54, 1.807) is 4.90 Å². The van der Waals surface area contributed by atoms with E-state index in [4.69, 9.17) is 14.6 Å². The number of hydrogen-bond acceptors (Lipinski definition) is 5. The average Bonchev–Trinajstić information content (AvgIpc) is 3.23. The minimum atomic E-state index is -0.572. The van der Waals surface area contributed by atoms with Crippen molar-refractivity contribution in [3.63, 3.8) is 0 Å². The van der Waals surface area contributed by atoms with E-state index in [1.807, 2.05) is 37.3 Å². The predicted molar refractivity (Wildman–Crippen MR) is 117 cm³/mol. The summed E-state index contributed by atoms with van der Waals surface area (Å²) >= 11 is 0. The largest absolute Gasteiger partial charge is 0.396 e. The number of anilines is 1. The quantitative estimate of drug-likeness (QED) is 0.777. The lowest BCUT2D eigenvalue weighted by Crippen LogP contribution is -2.57. The minimum absolute atomic E-state index is 0.0272. The van der Waals surface area contributed by atoms with E-state index in [1.165, 1.54) is 6.92 Å². The van der Waals surface area contributed by atoms with Gasteiger partial charge >= 0.3 is 0 Å². The number of nitrogens with zero attached hydrogens (tertiary/aromatic N) is 1. The van der Waals surface area contributed by atoms with Crippen LogP contribution in [0.2, 0.25) is 0 Å². The first kappa shape index (κ1) is 22.2. The molecule has 1 saturated carbocycles. The van der Waals surface area contributed by atoms with Gasteiger partial charge in [-0.05, 0) is 49.3 Å². The average molecular weight is 428 g/mol. The number of hydrogen-bond donors (Lipinski definition) is 1. The maximum Gasteiger partial charge on any atom is 0.228 e. The number of Topliss-reactive ketones (excluding diaryl/α,β-unsaturated/α-hetero) is 1. The number of fused-ring (bicyclic) bond motifs is 1. The summed E-state index contributed by atoms with van der Waals surface area (Å²) in [6.45, 7) is 7.01. The van der Waals surface area contributed by atoms with Crippen molar-refractivity contribution in [1.29, 1.82) is 0 Å². The molecule has 1 N–H and O–H groups in total. The molecule has 0 bridgehead atoms. The molecule has 1 aromatic rings. The van der Waals surface area contributed by atoms with Crippen molar-refractivity contribution in [2.24, 2.45) is 17.3 Å². The Morgan fingerprint density at radius 2 is 2.00 bits per heavy atom. The fraction of sp³-hybridized carbons (Fsp3) is 0.600. The molecular formula is C25H33NO5. The zero-order valence-electron chi connectivity index (χ0n) is 18.7. The SMILES string of the molecule is CC(=O)N(C1=CC[C@H]2[C@H](C)C3(CC[C@]2(C)C1=O)OCCO3)c1cccc(CCCO)c1. The molecule has 0 unspecified atom stereocenters. The van der Waals surface area contributed by atoms with Gasteiger partial charge in [0.2, 0.25) is 5.91 Å². The lowest BCUT2D eigenvalue weighted by atomic mass is 9.55. The van der Waals surface area contributed by atoms with Crippen molar-refractivity contribution in [3.05, 3.63) is 41.6 Å². The van der Waals surface area contributed by atoms with E-state index >= 15 is 0 Å². The molecule has 1 saturated heterocycles. The van der Waals surface area contributed by atoms with Crippen LogP contribution in [0.1, 0.15) is 52.0 Å². The lowest BCUT2D eigenvalue weighted by molar-refractivity contribution is -0.239. The van der Waals surface area contributed by atoms with Gasteiger partial charge in [0.25, 0.3) is 0 Å². The van der Waals surface area contributed by atoms with Gasteiger partial charge in [-0.15, -0.1) is 0 Å². The second-order valence-corrected chi connectivity index (χ2v) is 9.33. The van der Waals surface area contributed by atoms with Gasteiger partial charge in [-0.1, -0.05) is 32.1 Å². The Labute approximate surface area is 184 Å². The van der Waals surface area contributed by atoms with Crippen molar-refractivity contribution in [3.8, 4) is 0 Å². The number of amides is 1. The minimum Gasteiger partial charge on any atom is -0.396 e. The van der Waals surface area contributed by atoms with Crippen LogP contribution in [0.4, 0.5) is 5.69 Å². The summed E-state index contributed by atoms with van der Waals surface area (Å²) in [6, 6.07) is 7.69. The predicted octanol–water partition coefficient (Wildman–Crippen LogP) is 3.62. The molecule has 168 valence electrons. The number of ether oxygens (including phenoxy) is 2. The lowest BCUT2D eigenvalue weighted by Gasteiger charge is -2.53. The molecule has 2 aliphatic carbocycles. The Morgan fingerprint density at radius 3 is 2.68 bits per heavy atom. The van der Waals surface area contributed by atoms with Crippen molar-refractivity contribution in [2.45, 2.75) is 58.7 Å². The highest BCUT2D eigenvalue weighted by Gasteiger charge is 2.59. The second-order valence-electron chi connectivity index (χ2n) is 9.33. The monoisotopic (exact) mass is 427 g/mol. The van der Waals surface area contributed by atoms with Crippen LogP contribution in [0.15, 0.2) is 36.0 Å². The number of carbonyl (C=O) groups excluding carboxylic acids is 2. The molecule has 1 aliphatic heterocycles. The van der Waals surface area contributed by atoms with E-state index in [2.05, 4.69) is 6.92 Å². The molecule has 3 aliphatic rings. The summed E-state index contributed by atoms with van der Waals surface area (Å²) in [6.07, 6.45) is 5.40. The smallest absolute Gasteiger partial charge is 0.228 e. The maximum absolute atomic E-state index is 13.8. The molecule has 1 spiro atoms. The highest BCUT2D eigenvalue weighted by molar-refractivity contribution is 6.11. The van der Waals surface area contributed by atoms with Gasteiger partial charge in [0.1, 0.15) is 0 Å². The zero-order valence-corrected chi connectivity index (χ0v) is 18.7. The van der Waals surface area contributed by atoms with E-state index in [9.17, 15) is 9.59 Å². The number of ketones is 1. The highest BCUT2D eigenvalue weighted by Crippen LogP contribution is 2.56. The van der Waals surface area contributed by atoms with Crippen molar-refractivity contribution in [1.82, 2.24) is 0 Å². The van der Waals surface area contributed by atoms with Gasteiger partial charge in [0.05, 0.1) is 18.9 Å². The van der Waals surface area contributed by atoms with Gasteiger partial charge in [0, 0.05) is 37.0 Å². The van der Waals surface area contributed by atoms with Gasteiger partial charge in [0.15, 0.2) is 11.6 Å². The molecule has 6 heteroatoms. The van der Waals surface area contributed by atoms with Crippen molar-refractivity contribution in [2.75, 3.05) is 24.7 Å². The van der Waals surface area contributed by atoms with Crippen LogP contribution < -0.4 is 4.90 Å². The highest BCUT2D eigenvalue weighted by atomic mass is 16.7. The van der Waals surface area contributed by atoms with Gasteiger partial charge in [-0.25, -0.2) is 0 Å². The Balaban J connectivity index is 1.66. The Bertz CT molecular complexity index is 888. The first-order chi connectivity index (χ1) is 14.8. The van der Waals surface area contributed by atoms with Crippen LogP contribution in [0, 0.1) is 17.3 Å². The molecule has 1 amide bonds. The molecule has 4 rings (SSSR count). The summed E-state index contributed by atoms with van der Waals surface area (Å²) in [5.74, 6) is -0.511. The first-order valence-corrected chi connectivity index (χ1v) is 11.4. The Hall–Kier alpha value is -2.02. The summed E-state index contributed by atoms with van der Waals surface area (Å²) in [5.41, 5.74) is 1.66. The van der Waals surface area contributed by atoms with Crippen LogP contribution in [0.5, 0.6) is 0 Å². The maximum atomic E-state index is 13.8. The van der Waals surface area contributed by atoms with E-state index in [0.29, 0.717) is 50.3 Å². The molecule has 2 fully saturated rings. The molecule has 6 nitrogen and oxygen atoms in total. The number of aliphatic hydroxyl groups is 1. The normalized spacial score (nSPS) is 29.5. The van der Waals surface area contributed by atoms with Crippen molar-refractivity contribution >= 4 is 17.4 Å². The van der Waals surface area contributed by atoms with Crippen LogP contribution >= 0.6 is 0 Å². The summed E-state index contributed by atoms with van der Waals surface area (Å²) in [7, 11) is 0. The van der Waals surface area contributed by atoms with Crippen LogP contribution in [-0.4, -0.2) is 42.4 Å². The third kappa shape index (κ3) is 3.75. The van der Waals surface area contributed by atoms with Gasteiger partial charge < -0.3 is 14.6 Å². The first-order valence-electron chi connectivity index (χ1n) is 11.4. The van der Waals surface area contributed by atoms with Crippen LogP contribution in [0.25, 0.3) is 0 Å². The standard InChI is InChI=1S/C25H33NO5/c1-17-21-9-10-22(23(29)24(21,3)11-12-25(17)30-14-15-31-25)26(18(2)28)20-8-4-6-19(16-20)7-5-13-27/h4,6,8,10,16-17,21,27H,5,7,9,11-15H2,1-3H3/t17-,21-,24-/m0/s1. The number of rotatable bonds is 5. The fourth-order valence-corrected chi connectivity index (χ4v) is 5.77. The Kier molecular flexibility index (Phi) is 6.08. The number of allylic oxidation sites excluding steroid dienone is 2. The number of aryl methyl sites for hydroxylation is 1. The zero-order chi connectivity index (χ0) is 22.2. The second kappa shape index (κ2) is 8.49. The molecular weight excluding hydrogens is 394 g/mol. The van der Waals surface area contributed by atoms with E-state index < -0.39 is 11.2 Å². The van der Waals surface area contributed by atoms with E-state index in [0.717, 1.165) is 12.0 Å². The van der Waals surface area contributed by atoms with Crippen LogP contribution in [0.3, 0.4) is 0 Å². The third-order valence-electron chi connectivity index (χ3n) is 7.55. The van der Waals surface area contributed by atoms with Crippen molar-refractivity contribution < 1.29 is 24.2 Å². The molecule has 1 heterocycles. The molecule has 31 heavy (non-hydrogen) atoms. The fourth-order valence-electron chi connectivity index (χ4n) is 5.77. The molecule has 1 aromatic carbocycles. The molecule has 3 atom stereocenters. The topological polar surface area (TPSA) is 76.1 Å². The summed E-state index contributed by atoms with van der Waals surface area (Å²) < 4.78 is 12.0. The summed E-state index contributed by atoms with van der Waals surface area (Å²) in [5, 5.41) is 9.13. The van der Waals surface area contributed by atoms with Gasteiger partial charge in [-0.3, -0.25) is 14.5 Å². The number of benzene rings is 1. The van der Waals surface area contributed by atoms with E-state index in [-0.39, 0.29) is 30.1 Å². The number of carbonyl (C=O) groups is 2.